The van der Waals surface area contributed by atoms with Crippen LogP contribution in [0.3, 0.4) is 0 Å². The highest BCUT2D eigenvalue weighted by Gasteiger charge is 1.91. The quantitative estimate of drug-likeness (QED) is 0.815. The molecule has 0 aromatic heterocycles. The van der Waals surface area contributed by atoms with Crippen molar-refractivity contribution in [1.82, 2.24) is 5.32 Å². The lowest BCUT2D eigenvalue weighted by Gasteiger charge is -2.02. The summed E-state index contributed by atoms with van der Waals surface area (Å²) in [5.41, 5.74) is 2.76. The monoisotopic (exact) mass is 229 g/mol. The summed E-state index contributed by atoms with van der Waals surface area (Å²) in [6, 6.07) is 6.36. The van der Waals surface area contributed by atoms with Crippen LogP contribution in [-0.2, 0) is 0 Å². The summed E-state index contributed by atoms with van der Waals surface area (Å²) in [6.07, 6.45) is 6.64. The Hall–Kier alpha value is -1.34. The molecule has 0 bridgehead atoms. The molecule has 0 atom stereocenters. The van der Waals surface area contributed by atoms with Crippen molar-refractivity contribution in [2.24, 2.45) is 0 Å². The van der Waals surface area contributed by atoms with Gasteiger partial charge in [0.1, 0.15) is 0 Å². The minimum atomic E-state index is 1.04. The first-order chi connectivity index (χ1) is 8.17. The molecule has 0 saturated carbocycles. The molecule has 1 aromatic rings. The SMILES string of the molecule is C=c1ccc(C)c/c1=C/C=C(\CC)CCNC. The second kappa shape index (κ2) is 7.08. The minimum Gasteiger partial charge on any atom is -0.319 e. The molecule has 0 fully saturated rings. The van der Waals surface area contributed by atoms with Gasteiger partial charge in [0.25, 0.3) is 0 Å². The van der Waals surface area contributed by atoms with Gasteiger partial charge in [0, 0.05) is 0 Å². The highest BCUT2D eigenvalue weighted by atomic mass is 14.8. The predicted molar refractivity (Wildman–Crippen MR) is 77.3 cm³/mol. The number of benzene rings is 1. The molecule has 1 rings (SSSR count). The molecule has 0 saturated heterocycles. The summed E-state index contributed by atoms with van der Waals surface area (Å²) < 4.78 is 0. The van der Waals surface area contributed by atoms with Crippen molar-refractivity contribution < 1.29 is 0 Å². The highest BCUT2D eigenvalue weighted by molar-refractivity contribution is 5.41. The van der Waals surface area contributed by atoms with E-state index in [1.165, 1.54) is 16.4 Å². The third-order valence-corrected chi connectivity index (χ3v) is 2.95. The van der Waals surface area contributed by atoms with Gasteiger partial charge in [-0.2, -0.15) is 0 Å². The van der Waals surface area contributed by atoms with E-state index in [0.717, 1.165) is 24.6 Å². The maximum atomic E-state index is 4.05. The Labute approximate surface area is 105 Å². The fraction of sp³-hybridized carbons (Fsp3) is 0.375. The van der Waals surface area contributed by atoms with Gasteiger partial charge in [-0.1, -0.05) is 55.0 Å². The van der Waals surface area contributed by atoms with E-state index in [1.54, 1.807) is 0 Å². The molecule has 17 heavy (non-hydrogen) atoms. The molecule has 1 heteroatoms. The lowest BCUT2D eigenvalue weighted by Crippen LogP contribution is -2.22. The molecule has 0 radical (unpaired) electrons. The van der Waals surface area contributed by atoms with Gasteiger partial charge in [0.15, 0.2) is 0 Å². The number of nitrogens with one attached hydrogen (secondary N) is 1. The van der Waals surface area contributed by atoms with E-state index in [1.807, 2.05) is 7.05 Å². The first-order valence-electron chi connectivity index (χ1n) is 6.27. The Morgan fingerprint density at radius 3 is 2.82 bits per heavy atom. The minimum absolute atomic E-state index is 1.04. The first-order valence-corrected chi connectivity index (χ1v) is 6.27. The molecule has 0 aliphatic carbocycles. The van der Waals surface area contributed by atoms with Crippen LogP contribution in [0.1, 0.15) is 25.3 Å². The number of hydrogen-bond acceptors (Lipinski definition) is 1. The number of hydrogen-bond donors (Lipinski definition) is 1. The smallest absolute Gasteiger partial charge is 0.00145 e. The largest absolute Gasteiger partial charge is 0.319 e. The summed E-state index contributed by atoms with van der Waals surface area (Å²) in [5.74, 6) is 0. The molecular weight excluding hydrogens is 206 g/mol. The van der Waals surface area contributed by atoms with Crippen LogP contribution in [-0.4, -0.2) is 13.6 Å². The van der Waals surface area contributed by atoms with Crippen LogP contribution in [0, 0.1) is 6.92 Å². The summed E-state index contributed by atoms with van der Waals surface area (Å²) in [7, 11) is 1.99. The average Bonchev–Trinajstić information content (AvgIpc) is 2.33. The Bertz CT molecular complexity index is 483. The highest BCUT2D eigenvalue weighted by Crippen LogP contribution is 2.05. The van der Waals surface area contributed by atoms with Crippen molar-refractivity contribution in [3.05, 3.63) is 45.8 Å². The van der Waals surface area contributed by atoms with Crippen LogP contribution in [0.4, 0.5) is 0 Å². The molecular formula is C16H23N. The van der Waals surface area contributed by atoms with E-state index in [0.29, 0.717) is 0 Å². The van der Waals surface area contributed by atoms with E-state index in [9.17, 15) is 0 Å². The summed E-state index contributed by atoms with van der Waals surface area (Å²) in [4.78, 5) is 0. The Balaban J connectivity index is 2.97. The van der Waals surface area contributed by atoms with Crippen molar-refractivity contribution in [2.45, 2.75) is 26.7 Å². The molecule has 92 valence electrons. The van der Waals surface area contributed by atoms with Crippen LogP contribution in [0.2, 0.25) is 0 Å². The van der Waals surface area contributed by atoms with Crippen LogP contribution >= 0.6 is 0 Å². The van der Waals surface area contributed by atoms with E-state index < -0.39 is 0 Å². The zero-order valence-corrected chi connectivity index (χ0v) is 11.2. The van der Waals surface area contributed by atoms with Crippen LogP contribution in [0.25, 0.3) is 12.7 Å². The van der Waals surface area contributed by atoms with Gasteiger partial charge in [0.05, 0.1) is 0 Å². The normalized spacial score (nSPS) is 13.1. The van der Waals surface area contributed by atoms with Crippen molar-refractivity contribution in [2.75, 3.05) is 13.6 Å². The zero-order chi connectivity index (χ0) is 12.7. The maximum absolute atomic E-state index is 4.05. The van der Waals surface area contributed by atoms with Gasteiger partial charge in [-0.05, 0) is 43.8 Å². The van der Waals surface area contributed by atoms with Crippen LogP contribution < -0.4 is 15.8 Å². The number of rotatable bonds is 5. The first kappa shape index (κ1) is 13.7. The molecule has 0 spiro atoms. The van der Waals surface area contributed by atoms with Crippen LogP contribution in [0.15, 0.2) is 29.8 Å². The number of aryl methyl sites for hydroxylation is 1. The molecule has 0 amide bonds. The molecule has 1 aromatic carbocycles. The molecule has 1 N–H and O–H groups in total. The van der Waals surface area contributed by atoms with Gasteiger partial charge in [-0.3, -0.25) is 0 Å². The summed E-state index contributed by atoms with van der Waals surface area (Å²) >= 11 is 0. The summed E-state index contributed by atoms with van der Waals surface area (Å²) in [5, 5.41) is 5.50. The van der Waals surface area contributed by atoms with Gasteiger partial charge < -0.3 is 5.32 Å². The lowest BCUT2D eigenvalue weighted by molar-refractivity contribution is 0.768. The third kappa shape index (κ3) is 4.58. The Kier molecular flexibility index (Phi) is 5.71. The van der Waals surface area contributed by atoms with E-state index >= 15 is 0 Å². The molecule has 0 unspecified atom stereocenters. The van der Waals surface area contributed by atoms with Crippen molar-refractivity contribution >= 4 is 12.7 Å². The topological polar surface area (TPSA) is 12.0 Å². The molecule has 1 nitrogen and oxygen atoms in total. The standard InChI is InChI=1S/C16H23N/c1-5-15(10-11-17-4)8-9-16-12-13(2)6-7-14(16)3/h6-9,12,17H,3,5,10-11H2,1-2,4H3/b15-8+,16-9-. The van der Waals surface area contributed by atoms with E-state index in [2.05, 4.69) is 56.1 Å². The second-order valence-electron chi connectivity index (χ2n) is 4.40. The zero-order valence-electron chi connectivity index (χ0n) is 11.2. The molecule has 0 aliphatic rings. The summed E-state index contributed by atoms with van der Waals surface area (Å²) in [6.45, 7) is 9.41. The maximum Gasteiger partial charge on any atom is -0.00145 e. The van der Waals surface area contributed by atoms with Gasteiger partial charge >= 0.3 is 0 Å². The molecule has 0 heterocycles. The van der Waals surface area contributed by atoms with E-state index in [-0.39, 0.29) is 0 Å². The fourth-order valence-corrected chi connectivity index (χ4v) is 1.74. The Morgan fingerprint density at radius 1 is 1.41 bits per heavy atom. The lowest BCUT2D eigenvalue weighted by atomic mass is 10.1. The van der Waals surface area contributed by atoms with Crippen LogP contribution in [0.5, 0.6) is 0 Å². The van der Waals surface area contributed by atoms with Gasteiger partial charge in [0.2, 0.25) is 0 Å². The number of allylic oxidation sites excluding steroid dienone is 1. The van der Waals surface area contributed by atoms with Crippen molar-refractivity contribution in [3.63, 3.8) is 0 Å². The van der Waals surface area contributed by atoms with E-state index in [4.69, 9.17) is 0 Å². The van der Waals surface area contributed by atoms with Crippen molar-refractivity contribution in [3.8, 4) is 0 Å². The average molecular weight is 229 g/mol. The Morgan fingerprint density at radius 2 is 2.18 bits per heavy atom. The fourth-order valence-electron chi connectivity index (χ4n) is 1.74. The van der Waals surface area contributed by atoms with Gasteiger partial charge in [-0.15, -0.1) is 0 Å². The van der Waals surface area contributed by atoms with Crippen molar-refractivity contribution in [1.29, 1.82) is 0 Å². The second-order valence-corrected chi connectivity index (χ2v) is 4.40. The molecule has 0 aliphatic heterocycles. The predicted octanol–water partition coefficient (Wildman–Crippen LogP) is 2.13. The van der Waals surface area contributed by atoms with Gasteiger partial charge in [-0.25, -0.2) is 0 Å². The third-order valence-electron chi connectivity index (χ3n) is 2.95.